The average molecular weight is 236 g/mol. The largest absolute Gasteiger partial charge is 0.412 e. The van der Waals surface area contributed by atoms with E-state index in [1.807, 2.05) is 13.8 Å². The van der Waals surface area contributed by atoms with E-state index in [1.165, 1.54) is 0 Å². The standard InChI is InChI=1S/C4H10O.9H2O/c1-3-5-4-2;;;;;;;;;/h3-4H2,1-2H3;9*1H2. The Balaban J connectivity index is -0.00000000222. The molecule has 0 rings (SSSR count). The molecule has 0 spiro atoms. The highest BCUT2D eigenvalue weighted by molar-refractivity contribution is 4.07. The first-order chi connectivity index (χ1) is 2.41. The Hall–Kier alpha value is -0.400. The average Bonchev–Trinajstić information content (AvgIpc) is 1.41. The van der Waals surface area contributed by atoms with Crippen LogP contribution in [0.15, 0.2) is 0 Å². The topological polar surface area (TPSA) is 293 Å². The Labute approximate surface area is 82.3 Å². The van der Waals surface area contributed by atoms with Crippen LogP contribution in [0.5, 0.6) is 0 Å². The van der Waals surface area contributed by atoms with Gasteiger partial charge in [-0.15, -0.1) is 0 Å². The molecule has 0 bridgehead atoms. The molecule has 0 amide bonds. The maximum atomic E-state index is 4.83. The third-order valence-corrected chi connectivity index (χ3v) is 0.408. The van der Waals surface area contributed by atoms with E-state index in [0.29, 0.717) is 0 Å². The molecule has 0 aliphatic carbocycles. The van der Waals surface area contributed by atoms with Crippen molar-refractivity contribution >= 4 is 0 Å². The summed E-state index contributed by atoms with van der Waals surface area (Å²) in [6.45, 7) is 5.67. The van der Waals surface area contributed by atoms with Gasteiger partial charge in [0.2, 0.25) is 0 Å². The summed E-state index contributed by atoms with van der Waals surface area (Å²) in [4.78, 5) is 0. The molecule has 104 valence electrons. The van der Waals surface area contributed by atoms with Crippen molar-refractivity contribution in [3.63, 3.8) is 0 Å². The number of hydrogen-bond donors (Lipinski definition) is 0. The maximum absolute atomic E-state index is 4.83. The number of hydrogen-bond acceptors (Lipinski definition) is 1. The van der Waals surface area contributed by atoms with E-state index in [4.69, 9.17) is 4.74 Å². The van der Waals surface area contributed by atoms with Crippen LogP contribution in [0.4, 0.5) is 0 Å². The van der Waals surface area contributed by atoms with Crippen LogP contribution in [0, 0.1) is 0 Å². The Morgan fingerprint density at radius 3 is 0.643 bits per heavy atom. The molecule has 0 aromatic carbocycles. The Bertz CT molecular complexity index is 19.6. The zero-order valence-electron chi connectivity index (χ0n) is 8.32. The Morgan fingerprint density at radius 2 is 0.643 bits per heavy atom. The second-order valence-corrected chi connectivity index (χ2v) is 0.781. The van der Waals surface area contributed by atoms with Gasteiger partial charge in [-0.1, -0.05) is 0 Å². The third kappa shape index (κ3) is 509. The third-order valence-electron chi connectivity index (χ3n) is 0.408. The number of ether oxygens (including phenoxy) is 1. The lowest BCUT2D eigenvalue weighted by Crippen LogP contribution is -1.84. The lowest BCUT2D eigenvalue weighted by Gasteiger charge is -1.86. The van der Waals surface area contributed by atoms with Crippen LogP contribution in [0.1, 0.15) is 13.8 Å². The van der Waals surface area contributed by atoms with Gasteiger partial charge in [0.15, 0.2) is 0 Å². The fraction of sp³-hybridized carbons (Fsp3) is 1.00. The van der Waals surface area contributed by atoms with Crippen LogP contribution in [0.3, 0.4) is 0 Å². The Morgan fingerprint density at radius 1 is 0.500 bits per heavy atom. The van der Waals surface area contributed by atoms with Crippen LogP contribution in [0.2, 0.25) is 0 Å². The van der Waals surface area contributed by atoms with Crippen molar-refractivity contribution < 1.29 is 54.0 Å². The normalized spacial score (nSPS) is 3.00. The van der Waals surface area contributed by atoms with E-state index in [-0.39, 0.29) is 49.3 Å². The second kappa shape index (κ2) is 251. The van der Waals surface area contributed by atoms with Crippen molar-refractivity contribution in [1.82, 2.24) is 0 Å². The van der Waals surface area contributed by atoms with E-state index in [1.54, 1.807) is 0 Å². The molecule has 0 aromatic rings. The first-order valence-electron chi connectivity index (χ1n) is 1.99. The molecule has 10 heteroatoms. The van der Waals surface area contributed by atoms with E-state index in [9.17, 15) is 0 Å². The molecule has 0 radical (unpaired) electrons. The quantitative estimate of drug-likeness (QED) is 0.443. The van der Waals surface area contributed by atoms with Crippen LogP contribution in [0.25, 0.3) is 0 Å². The summed E-state index contributed by atoms with van der Waals surface area (Å²) in [5.74, 6) is 0. The van der Waals surface area contributed by atoms with Crippen molar-refractivity contribution in [3.8, 4) is 0 Å². The van der Waals surface area contributed by atoms with Crippen LogP contribution < -0.4 is 0 Å². The summed E-state index contributed by atoms with van der Waals surface area (Å²) in [6.07, 6.45) is 0. The zero-order valence-corrected chi connectivity index (χ0v) is 8.32. The van der Waals surface area contributed by atoms with Gasteiger partial charge in [-0.2, -0.15) is 0 Å². The summed E-state index contributed by atoms with van der Waals surface area (Å²) in [5, 5.41) is 0. The van der Waals surface area contributed by atoms with Gasteiger partial charge in [0.1, 0.15) is 0 Å². The van der Waals surface area contributed by atoms with Crippen molar-refractivity contribution in [2.75, 3.05) is 13.2 Å². The summed E-state index contributed by atoms with van der Waals surface area (Å²) >= 11 is 0. The fourth-order valence-electron chi connectivity index (χ4n) is 0.204. The summed E-state index contributed by atoms with van der Waals surface area (Å²) in [5.41, 5.74) is 0. The van der Waals surface area contributed by atoms with E-state index in [0.717, 1.165) is 13.2 Å². The summed E-state index contributed by atoms with van der Waals surface area (Å²) in [7, 11) is 0. The lowest BCUT2D eigenvalue weighted by atomic mass is 10.8. The SMILES string of the molecule is CCOCC.O.O.O.O.O.O.O.O.O. The smallest absolute Gasteiger partial charge is 0.0437 e. The minimum absolute atomic E-state index is 0. The fourth-order valence-corrected chi connectivity index (χ4v) is 0.204. The molecule has 0 aliphatic rings. The van der Waals surface area contributed by atoms with Gasteiger partial charge in [0.05, 0.1) is 0 Å². The maximum Gasteiger partial charge on any atom is 0.0437 e. The highest BCUT2D eigenvalue weighted by Crippen LogP contribution is 1.64. The molecule has 18 N–H and O–H groups in total. The highest BCUT2D eigenvalue weighted by Gasteiger charge is 1.64. The second-order valence-electron chi connectivity index (χ2n) is 0.781. The van der Waals surface area contributed by atoms with Gasteiger partial charge < -0.3 is 54.0 Å². The number of rotatable bonds is 2. The van der Waals surface area contributed by atoms with Crippen LogP contribution in [-0.2, 0) is 4.74 Å². The monoisotopic (exact) mass is 236 g/mol. The van der Waals surface area contributed by atoms with Crippen molar-refractivity contribution in [2.45, 2.75) is 13.8 Å². The van der Waals surface area contributed by atoms with Crippen molar-refractivity contribution in [3.05, 3.63) is 0 Å². The van der Waals surface area contributed by atoms with Gasteiger partial charge in [-0.25, -0.2) is 0 Å². The molecule has 0 aromatic heterocycles. The highest BCUT2D eigenvalue weighted by atomic mass is 16.5. The first kappa shape index (κ1) is 167. The molecule has 0 saturated carbocycles. The van der Waals surface area contributed by atoms with Gasteiger partial charge in [0, 0.05) is 13.2 Å². The molecule has 0 fully saturated rings. The van der Waals surface area contributed by atoms with E-state index < -0.39 is 0 Å². The predicted molar refractivity (Wildman–Crippen MR) is 54.7 cm³/mol. The Kier molecular flexibility index (Phi) is 2980. The summed E-state index contributed by atoms with van der Waals surface area (Å²) < 4.78 is 4.83. The van der Waals surface area contributed by atoms with Gasteiger partial charge in [-0.3, -0.25) is 0 Å². The minimum atomic E-state index is 0. The molecule has 10 nitrogen and oxygen atoms in total. The molecule has 0 saturated heterocycles. The summed E-state index contributed by atoms with van der Waals surface area (Å²) in [6, 6.07) is 0. The molecule has 0 heterocycles. The minimum Gasteiger partial charge on any atom is -0.412 e. The van der Waals surface area contributed by atoms with E-state index >= 15 is 0 Å². The predicted octanol–water partition coefficient (Wildman–Crippen LogP) is -6.38. The molecule has 0 aliphatic heterocycles. The van der Waals surface area contributed by atoms with Gasteiger partial charge in [-0.05, 0) is 13.8 Å². The van der Waals surface area contributed by atoms with Crippen molar-refractivity contribution in [1.29, 1.82) is 0 Å². The van der Waals surface area contributed by atoms with Crippen LogP contribution in [-0.4, -0.2) is 62.5 Å². The van der Waals surface area contributed by atoms with Crippen LogP contribution >= 0.6 is 0 Å². The molecule has 0 atom stereocenters. The molecule has 14 heavy (non-hydrogen) atoms. The molecular weight excluding hydrogens is 208 g/mol. The van der Waals surface area contributed by atoms with Gasteiger partial charge >= 0.3 is 0 Å². The molecular formula is C4H28O10. The zero-order chi connectivity index (χ0) is 4.12. The molecule has 0 unspecified atom stereocenters. The lowest BCUT2D eigenvalue weighted by molar-refractivity contribution is 0.162. The van der Waals surface area contributed by atoms with Gasteiger partial charge in [0.25, 0.3) is 0 Å². The first-order valence-corrected chi connectivity index (χ1v) is 1.99. The van der Waals surface area contributed by atoms with Crippen molar-refractivity contribution in [2.24, 2.45) is 0 Å². The van der Waals surface area contributed by atoms with E-state index in [2.05, 4.69) is 0 Å².